The molecule has 0 N–H and O–H groups in total. The summed E-state index contributed by atoms with van der Waals surface area (Å²) in [6.45, 7) is 9.11. The summed E-state index contributed by atoms with van der Waals surface area (Å²) in [6.07, 6.45) is 0.221. The number of carbonyl (C=O) groups excluding carboxylic acids is 3. The standard InChI is InChI=1S/C21H27ClN4O3/c1-4-23-10-11-26-16-9-7-8-15(22)14(16)12-21(17(26)13-23)18(27)24(5-2)20(29)25(6-3)19(21)28/h7-9,17H,4-6,10-13H2,1-3H3/t17-/m1/s1. The van der Waals surface area contributed by atoms with Crippen LogP contribution in [0.15, 0.2) is 18.2 Å². The third-order valence-electron chi connectivity index (χ3n) is 6.69. The van der Waals surface area contributed by atoms with E-state index in [1.54, 1.807) is 19.9 Å². The van der Waals surface area contributed by atoms with Gasteiger partial charge in [0.2, 0.25) is 11.8 Å². The molecule has 1 atom stereocenters. The number of hydrogen-bond acceptors (Lipinski definition) is 5. The number of benzene rings is 1. The quantitative estimate of drug-likeness (QED) is 0.704. The Kier molecular flexibility index (Phi) is 5.07. The lowest BCUT2D eigenvalue weighted by molar-refractivity contribution is -0.161. The first kappa shape index (κ1) is 20.2. The Morgan fingerprint density at radius 1 is 1.00 bits per heavy atom. The number of halogens is 1. The lowest BCUT2D eigenvalue weighted by Gasteiger charge is -2.56. The van der Waals surface area contributed by atoms with Crippen LogP contribution < -0.4 is 4.90 Å². The molecule has 8 heteroatoms. The third kappa shape index (κ3) is 2.70. The Morgan fingerprint density at radius 2 is 1.66 bits per heavy atom. The van der Waals surface area contributed by atoms with Crippen molar-refractivity contribution in [1.82, 2.24) is 14.7 Å². The summed E-state index contributed by atoms with van der Waals surface area (Å²) in [6, 6.07) is 4.87. The van der Waals surface area contributed by atoms with Gasteiger partial charge in [-0.05, 0) is 38.1 Å². The van der Waals surface area contributed by atoms with Crippen molar-refractivity contribution in [3.8, 4) is 0 Å². The van der Waals surface area contributed by atoms with Crippen LogP contribution in [0.25, 0.3) is 0 Å². The number of piperazine rings is 1. The zero-order chi connectivity index (χ0) is 20.9. The predicted octanol–water partition coefficient (Wildman–Crippen LogP) is 2.22. The Bertz CT molecular complexity index is 847. The summed E-state index contributed by atoms with van der Waals surface area (Å²) >= 11 is 6.54. The van der Waals surface area contributed by atoms with E-state index >= 15 is 0 Å². The molecule has 3 heterocycles. The first-order valence-corrected chi connectivity index (χ1v) is 10.7. The largest absolute Gasteiger partial charge is 0.364 e. The van der Waals surface area contributed by atoms with Crippen molar-refractivity contribution in [2.24, 2.45) is 5.41 Å². The molecule has 2 saturated heterocycles. The number of amides is 4. The molecule has 3 aliphatic heterocycles. The lowest BCUT2D eigenvalue weighted by Crippen LogP contribution is -2.75. The van der Waals surface area contributed by atoms with E-state index in [1.165, 1.54) is 9.80 Å². The number of rotatable bonds is 3. The zero-order valence-corrected chi connectivity index (χ0v) is 17.9. The molecule has 0 unspecified atom stereocenters. The summed E-state index contributed by atoms with van der Waals surface area (Å²) in [5.41, 5.74) is 0.470. The van der Waals surface area contributed by atoms with Gasteiger partial charge in [0.25, 0.3) is 0 Å². The molecule has 7 nitrogen and oxygen atoms in total. The summed E-state index contributed by atoms with van der Waals surface area (Å²) in [5.74, 6) is -0.781. The molecule has 2 fully saturated rings. The maximum absolute atomic E-state index is 13.8. The minimum absolute atomic E-state index is 0.221. The number of carbonyl (C=O) groups is 3. The number of nitrogens with zero attached hydrogens (tertiary/aromatic N) is 4. The smallest absolute Gasteiger partial charge is 0.333 e. The Morgan fingerprint density at radius 3 is 2.24 bits per heavy atom. The van der Waals surface area contributed by atoms with Crippen molar-refractivity contribution in [2.75, 3.05) is 44.2 Å². The average molecular weight is 419 g/mol. The number of anilines is 1. The Balaban J connectivity index is 1.93. The first-order valence-electron chi connectivity index (χ1n) is 10.3. The van der Waals surface area contributed by atoms with Crippen molar-refractivity contribution in [2.45, 2.75) is 33.2 Å². The molecule has 0 bridgehead atoms. The molecule has 0 radical (unpaired) electrons. The maximum Gasteiger partial charge on any atom is 0.333 e. The van der Waals surface area contributed by atoms with Crippen LogP contribution >= 0.6 is 11.6 Å². The van der Waals surface area contributed by atoms with E-state index in [0.29, 0.717) is 18.1 Å². The summed E-state index contributed by atoms with van der Waals surface area (Å²) in [7, 11) is 0. The Hall–Kier alpha value is -2.12. The van der Waals surface area contributed by atoms with Gasteiger partial charge in [0.05, 0.1) is 6.04 Å². The average Bonchev–Trinajstić information content (AvgIpc) is 2.73. The van der Waals surface area contributed by atoms with Crippen LogP contribution in [-0.2, 0) is 16.0 Å². The van der Waals surface area contributed by atoms with Crippen LogP contribution in [0, 0.1) is 5.41 Å². The molecule has 1 aromatic carbocycles. The highest BCUT2D eigenvalue weighted by Crippen LogP contribution is 2.48. The fraction of sp³-hybridized carbons (Fsp3) is 0.571. The van der Waals surface area contributed by atoms with E-state index in [0.717, 1.165) is 24.3 Å². The van der Waals surface area contributed by atoms with Crippen molar-refractivity contribution in [1.29, 1.82) is 0 Å². The highest BCUT2D eigenvalue weighted by Gasteiger charge is 2.64. The van der Waals surface area contributed by atoms with Crippen LogP contribution in [-0.4, -0.2) is 77.9 Å². The number of barbiturate groups is 1. The molecule has 156 valence electrons. The molecule has 0 saturated carbocycles. The zero-order valence-electron chi connectivity index (χ0n) is 17.2. The fourth-order valence-electron chi connectivity index (χ4n) is 5.11. The van der Waals surface area contributed by atoms with Gasteiger partial charge in [0.15, 0.2) is 5.41 Å². The topological polar surface area (TPSA) is 64.2 Å². The second-order valence-corrected chi connectivity index (χ2v) is 8.28. The van der Waals surface area contributed by atoms with Gasteiger partial charge in [-0.15, -0.1) is 0 Å². The highest BCUT2D eigenvalue weighted by atomic mass is 35.5. The number of urea groups is 1. The van der Waals surface area contributed by atoms with Crippen LogP contribution in [0.5, 0.6) is 0 Å². The van der Waals surface area contributed by atoms with Crippen molar-refractivity contribution in [3.05, 3.63) is 28.8 Å². The van der Waals surface area contributed by atoms with Gasteiger partial charge in [-0.2, -0.15) is 0 Å². The van der Waals surface area contributed by atoms with Crippen molar-refractivity contribution in [3.63, 3.8) is 0 Å². The molecule has 0 aliphatic carbocycles. The minimum atomic E-state index is -1.34. The summed E-state index contributed by atoms with van der Waals surface area (Å²) < 4.78 is 0. The monoisotopic (exact) mass is 418 g/mol. The molecule has 0 aromatic heterocycles. The molecular formula is C21H27ClN4O3. The molecule has 1 spiro atoms. The molecular weight excluding hydrogens is 392 g/mol. The van der Waals surface area contributed by atoms with E-state index in [1.807, 2.05) is 12.1 Å². The van der Waals surface area contributed by atoms with Crippen LogP contribution in [0.4, 0.5) is 10.5 Å². The second-order valence-electron chi connectivity index (χ2n) is 7.87. The van der Waals surface area contributed by atoms with E-state index in [-0.39, 0.29) is 25.6 Å². The van der Waals surface area contributed by atoms with Crippen LogP contribution in [0.3, 0.4) is 0 Å². The van der Waals surface area contributed by atoms with Gasteiger partial charge in [-0.25, -0.2) is 4.79 Å². The van der Waals surface area contributed by atoms with Gasteiger partial charge < -0.3 is 4.90 Å². The molecule has 29 heavy (non-hydrogen) atoms. The van der Waals surface area contributed by atoms with E-state index in [9.17, 15) is 14.4 Å². The molecule has 4 amide bonds. The van der Waals surface area contributed by atoms with Gasteiger partial charge in [-0.3, -0.25) is 24.3 Å². The number of imide groups is 2. The Labute approximate surface area is 176 Å². The van der Waals surface area contributed by atoms with E-state index in [2.05, 4.69) is 16.7 Å². The summed E-state index contributed by atoms with van der Waals surface area (Å²) in [4.78, 5) is 47.2. The minimum Gasteiger partial charge on any atom is -0.364 e. The number of likely N-dealkylation sites (N-methyl/N-ethyl adjacent to an activating group) is 1. The first-order chi connectivity index (χ1) is 13.9. The van der Waals surface area contributed by atoms with Gasteiger partial charge in [0, 0.05) is 49.9 Å². The van der Waals surface area contributed by atoms with Crippen LogP contribution in [0.2, 0.25) is 5.02 Å². The normalized spacial score (nSPS) is 24.2. The van der Waals surface area contributed by atoms with E-state index in [4.69, 9.17) is 11.6 Å². The van der Waals surface area contributed by atoms with Crippen LogP contribution in [0.1, 0.15) is 26.3 Å². The summed E-state index contributed by atoms with van der Waals surface area (Å²) in [5, 5.41) is 0.557. The van der Waals surface area contributed by atoms with Crippen molar-refractivity contribution >= 4 is 35.1 Å². The van der Waals surface area contributed by atoms with Gasteiger partial charge in [0.1, 0.15) is 0 Å². The highest BCUT2D eigenvalue weighted by molar-refractivity contribution is 6.32. The number of fused-ring (bicyclic) bond motifs is 4. The lowest BCUT2D eigenvalue weighted by atomic mass is 9.67. The number of hydrogen-bond donors (Lipinski definition) is 0. The SMILES string of the molecule is CCN1CCN2c3cccc(Cl)c3CC3(C(=O)N(CC)C(=O)N(CC)C3=O)[C@H]2C1. The van der Waals surface area contributed by atoms with Crippen molar-refractivity contribution < 1.29 is 14.4 Å². The second kappa shape index (κ2) is 7.29. The predicted molar refractivity (Wildman–Crippen MR) is 111 cm³/mol. The fourth-order valence-corrected chi connectivity index (χ4v) is 5.35. The third-order valence-corrected chi connectivity index (χ3v) is 7.04. The molecule has 1 aromatic rings. The molecule has 4 rings (SSSR count). The van der Waals surface area contributed by atoms with Gasteiger partial charge >= 0.3 is 6.03 Å². The van der Waals surface area contributed by atoms with Gasteiger partial charge in [-0.1, -0.05) is 24.6 Å². The van der Waals surface area contributed by atoms with E-state index < -0.39 is 23.3 Å². The maximum atomic E-state index is 13.8. The molecule has 3 aliphatic rings.